The monoisotopic (exact) mass is 297 g/mol. The highest BCUT2D eigenvalue weighted by atomic mass is 32.2. The Balaban J connectivity index is 1.97. The van der Waals surface area contributed by atoms with Crippen molar-refractivity contribution in [2.24, 2.45) is 11.7 Å². The first-order valence-electron chi connectivity index (χ1n) is 6.87. The van der Waals surface area contributed by atoms with E-state index >= 15 is 0 Å². The van der Waals surface area contributed by atoms with Gasteiger partial charge in [0.2, 0.25) is 10.0 Å². The lowest BCUT2D eigenvalue weighted by Crippen LogP contribution is -2.38. The van der Waals surface area contributed by atoms with E-state index in [9.17, 15) is 8.42 Å². The molecule has 1 aliphatic rings. The molecule has 112 valence electrons. The van der Waals surface area contributed by atoms with E-state index in [1.165, 1.54) is 0 Å². The summed E-state index contributed by atoms with van der Waals surface area (Å²) in [6.07, 6.45) is 2.23. The predicted molar refractivity (Wildman–Crippen MR) is 79.7 cm³/mol. The number of nitrogens with one attached hydrogen (secondary N) is 1. The molecule has 1 atom stereocenters. The molecule has 5 nitrogen and oxygen atoms in total. The Morgan fingerprint density at radius 3 is 2.40 bits per heavy atom. The quantitative estimate of drug-likeness (QED) is 0.779. The zero-order chi connectivity index (χ0) is 14.8. The summed E-state index contributed by atoms with van der Waals surface area (Å²) in [5.74, 6) is 0.486. The number of sulfonamides is 1. The molecule has 1 aromatic rings. The van der Waals surface area contributed by atoms with Gasteiger partial charge in [-0.05, 0) is 50.6 Å². The van der Waals surface area contributed by atoms with Crippen molar-refractivity contribution >= 4 is 10.0 Å². The van der Waals surface area contributed by atoms with Gasteiger partial charge in [-0.25, -0.2) is 13.1 Å². The van der Waals surface area contributed by atoms with Crippen LogP contribution in [-0.4, -0.2) is 40.0 Å². The van der Waals surface area contributed by atoms with E-state index in [0.717, 1.165) is 24.9 Å². The summed E-state index contributed by atoms with van der Waals surface area (Å²) in [7, 11) is 0.505. The van der Waals surface area contributed by atoms with E-state index in [4.69, 9.17) is 5.73 Å². The molecule has 1 unspecified atom stereocenters. The van der Waals surface area contributed by atoms with Crippen LogP contribution in [-0.2, 0) is 16.6 Å². The molecule has 0 spiro atoms. The molecule has 0 bridgehead atoms. The minimum absolute atomic E-state index is 0.0715. The fraction of sp³-hybridized carbons (Fsp3) is 0.571. The van der Waals surface area contributed by atoms with Gasteiger partial charge in [0.15, 0.2) is 0 Å². The van der Waals surface area contributed by atoms with Crippen LogP contribution in [0.1, 0.15) is 18.4 Å². The Hall–Kier alpha value is -0.950. The SMILES string of the molecule is CN(C)Cc1ccc(S(=O)(=O)NCC(N)C2CC2)cc1. The Morgan fingerprint density at radius 2 is 1.90 bits per heavy atom. The zero-order valence-corrected chi connectivity index (χ0v) is 12.9. The maximum atomic E-state index is 12.1. The van der Waals surface area contributed by atoms with Crippen LogP contribution in [0.4, 0.5) is 0 Å². The highest BCUT2D eigenvalue weighted by Crippen LogP contribution is 2.31. The fourth-order valence-corrected chi connectivity index (χ4v) is 3.19. The van der Waals surface area contributed by atoms with Crippen molar-refractivity contribution in [2.75, 3.05) is 20.6 Å². The van der Waals surface area contributed by atoms with E-state index in [-0.39, 0.29) is 6.04 Å². The largest absolute Gasteiger partial charge is 0.326 e. The van der Waals surface area contributed by atoms with Crippen LogP contribution in [0.5, 0.6) is 0 Å². The van der Waals surface area contributed by atoms with Crippen molar-refractivity contribution in [3.05, 3.63) is 29.8 Å². The molecule has 1 fully saturated rings. The third kappa shape index (κ3) is 4.28. The molecule has 0 radical (unpaired) electrons. The lowest BCUT2D eigenvalue weighted by molar-refractivity contribution is 0.402. The van der Waals surface area contributed by atoms with Crippen LogP contribution in [0.25, 0.3) is 0 Å². The Labute approximate surface area is 121 Å². The van der Waals surface area contributed by atoms with Gasteiger partial charge in [-0.1, -0.05) is 12.1 Å². The third-order valence-corrected chi connectivity index (χ3v) is 4.91. The molecule has 1 aliphatic carbocycles. The molecule has 0 aliphatic heterocycles. The lowest BCUT2D eigenvalue weighted by atomic mass is 10.2. The molecular weight excluding hydrogens is 274 g/mol. The van der Waals surface area contributed by atoms with E-state index < -0.39 is 10.0 Å². The van der Waals surface area contributed by atoms with Crippen molar-refractivity contribution < 1.29 is 8.42 Å². The molecule has 0 amide bonds. The van der Waals surface area contributed by atoms with E-state index in [2.05, 4.69) is 4.72 Å². The minimum Gasteiger partial charge on any atom is -0.326 e. The maximum Gasteiger partial charge on any atom is 0.240 e. The highest BCUT2D eigenvalue weighted by Gasteiger charge is 2.29. The molecular formula is C14H23N3O2S. The van der Waals surface area contributed by atoms with Crippen LogP contribution in [0.2, 0.25) is 0 Å². The van der Waals surface area contributed by atoms with Crippen LogP contribution >= 0.6 is 0 Å². The normalized spacial score (nSPS) is 17.4. The Morgan fingerprint density at radius 1 is 1.30 bits per heavy atom. The highest BCUT2D eigenvalue weighted by molar-refractivity contribution is 7.89. The maximum absolute atomic E-state index is 12.1. The second kappa shape index (κ2) is 6.22. The third-order valence-electron chi connectivity index (χ3n) is 3.47. The predicted octanol–water partition coefficient (Wildman–Crippen LogP) is 0.764. The van der Waals surface area contributed by atoms with Crippen molar-refractivity contribution in [3.63, 3.8) is 0 Å². The molecule has 1 aromatic carbocycles. The second-order valence-corrected chi connectivity index (χ2v) is 7.50. The number of hydrogen-bond acceptors (Lipinski definition) is 4. The molecule has 2 rings (SSSR count). The van der Waals surface area contributed by atoms with Gasteiger partial charge in [-0.2, -0.15) is 0 Å². The number of rotatable bonds is 7. The minimum atomic E-state index is -3.45. The number of nitrogens with two attached hydrogens (primary N) is 1. The van der Waals surface area contributed by atoms with Gasteiger partial charge < -0.3 is 10.6 Å². The average Bonchev–Trinajstić information content (AvgIpc) is 3.20. The van der Waals surface area contributed by atoms with Crippen LogP contribution in [0.3, 0.4) is 0 Å². The van der Waals surface area contributed by atoms with Gasteiger partial charge in [-0.3, -0.25) is 0 Å². The van der Waals surface area contributed by atoms with Crippen molar-refractivity contribution in [1.29, 1.82) is 0 Å². The summed E-state index contributed by atoms with van der Waals surface area (Å²) in [6.45, 7) is 1.10. The van der Waals surface area contributed by atoms with E-state index in [1.54, 1.807) is 12.1 Å². The molecule has 6 heteroatoms. The number of nitrogens with zero attached hydrogens (tertiary/aromatic N) is 1. The zero-order valence-electron chi connectivity index (χ0n) is 12.0. The molecule has 3 N–H and O–H groups in total. The fourth-order valence-electron chi connectivity index (χ4n) is 2.12. The summed E-state index contributed by atoms with van der Waals surface area (Å²) < 4.78 is 26.9. The molecule has 0 saturated heterocycles. The van der Waals surface area contributed by atoms with Crippen molar-refractivity contribution in [1.82, 2.24) is 9.62 Å². The standard InChI is InChI=1S/C14H23N3O2S/c1-17(2)10-11-3-7-13(8-4-11)20(18,19)16-9-14(15)12-5-6-12/h3-4,7-8,12,14,16H,5-6,9-10,15H2,1-2H3. The topological polar surface area (TPSA) is 75.4 Å². The molecule has 20 heavy (non-hydrogen) atoms. The summed E-state index contributed by atoms with van der Waals surface area (Å²) in [6, 6.07) is 6.90. The molecule has 0 aromatic heterocycles. The lowest BCUT2D eigenvalue weighted by Gasteiger charge is -2.13. The Kier molecular flexibility index (Phi) is 4.80. The van der Waals surface area contributed by atoms with Crippen molar-refractivity contribution in [2.45, 2.75) is 30.3 Å². The average molecular weight is 297 g/mol. The number of benzene rings is 1. The second-order valence-electron chi connectivity index (χ2n) is 5.73. The first kappa shape index (κ1) is 15.4. The number of hydrogen-bond donors (Lipinski definition) is 2. The summed E-state index contributed by atoms with van der Waals surface area (Å²) in [5.41, 5.74) is 7.00. The summed E-state index contributed by atoms with van der Waals surface area (Å²) in [5, 5.41) is 0. The van der Waals surface area contributed by atoms with Crippen LogP contribution in [0.15, 0.2) is 29.2 Å². The van der Waals surface area contributed by atoms with Gasteiger partial charge in [0.1, 0.15) is 0 Å². The van der Waals surface area contributed by atoms with Crippen LogP contribution < -0.4 is 10.5 Å². The van der Waals surface area contributed by atoms with E-state index in [0.29, 0.717) is 17.4 Å². The summed E-state index contributed by atoms with van der Waals surface area (Å²) >= 11 is 0. The first-order chi connectivity index (χ1) is 9.38. The van der Waals surface area contributed by atoms with Gasteiger partial charge in [0, 0.05) is 19.1 Å². The van der Waals surface area contributed by atoms with Gasteiger partial charge >= 0.3 is 0 Å². The smallest absolute Gasteiger partial charge is 0.240 e. The van der Waals surface area contributed by atoms with Gasteiger partial charge in [0.05, 0.1) is 4.90 Å². The molecule has 0 heterocycles. The van der Waals surface area contributed by atoms with Crippen molar-refractivity contribution in [3.8, 4) is 0 Å². The summed E-state index contributed by atoms with van der Waals surface area (Å²) in [4.78, 5) is 2.33. The van der Waals surface area contributed by atoms with Gasteiger partial charge in [0.25, 0.3) is 0 Å². The van der Waals surface area contributed by atoms with Gasteiger partial charge in [-0.15, -0.1) is 0 Å². The molecule has 1 saturated carbocycles. The van der Waals surface area contributed by atoms with E-state index in [1.807, 2.05) is 31.1 Å². The van der Waals surface area contributed by atoms with Crippen LogP contribution in [0, 0.1) is 5.92 Å². The first-order valence-corrected chi connectivity index (χ1v) is 8.36. The Bertz CT molecular complexity index is 536.